The van der Waals surface area contributed by atoms with Gasteiger partial charge in [-0.15, -0.1) is 0 Å². The largest absolute Gasteiger partial charge is 0.480 e. The van der Waals surface area contributed by atoms with Crippen LogP contribution in [0.25, 0.3) is 11.0 Å². The van der Waals surface area contributed by atoms with E-state index in [1.54, 1.807) is 24.3 Å². The van der Waals surface area contributed by atoms with Crippen molar-refractivity contribution in [2.45, 2.75) is 19.3 Å². The molecule has 0 aliphatic heterocycles. The molecule has 26 heavy (non-hydrogen) atoms. The number of aromatic hydroxyl groups is 1. The molecular weight excluding hydrogens is 338 g/mol. The number of nitrogens with zero attached hydrogens (tertiary/aromatic N) is 1. The average molecular weight is 353 g/mol. The van der Waals surface area contributed by atoms with Gasteiger partial charge < -0.3 is 9.52 Å². The van der Waals surface area contributed by atoms with E-state index in [0.29, 0.717) is 5.56 Å². The van der Waals surface area contributed by atoms with E-state index in [9.17, 15) is 24.8 Å². The van der Waals surface area contributed by atoms with Crippen LogP contribution in [0, 0.1) is 10.1 Å². The van der Waals surface area contributed by atoms with Gasteiger partial charge in [0.25, 0.3) is 11.6 Å². The minimum absolute atomic E-state index is 0.0345. The van der Waals surface area contributed by atoms with Crippen LogP contribution in [-0.4, -0.2) is 15.8 Å². The van der Waals surface area contributed by atoms with Crippen LogP contribution >= 0.6 is 0 Å². The second kappa shape index (κ2) is 6.79. The van der Waals surface area contributed by atoms with Gasteiger partial charge in [-0.2, -0.15) is 0 Å². The molecule has 0 saturated carbocycles. The van der Waals surface area contributed by atoms with Crippen molar-refractivity contribution in [2.75, 3.05) is 0 Å². The number of benzene rings is 2. The molecule has 1 N–H and O–H groups in total. The Labute approximate surface area is 147 Å². The molecule has 1 atom stereocenters. The lowest BCUT2D eigenvalue weighted by atomic mass is 9.87. The minimum Gasteiger partial charge on any atom is -0.480 e. The van der Waals surface area contributed by atoms with E-state index in [-0.39, 0.29) is 34.4 Å². The molecule has 7 heteroatoms. The first-order chi connectivity index (χ1) is 12.4. The second-order valence-electron chi connectivity index (χ2n) is 5.95. The maximum Gasteiger partial charge on any atom is 0.290 e. The van der Waals surface area contributed by atoms with Crippen LogP contribution in [0.1, 0.15) is 30.4 Å². The summed E-state index contributed by atoms with van der Waals surface area (Å²) < 4.78 is 5.36. The van der Waals surface area contributed by atoms with Crippen molar-refractivity contribution >= 4 is 22.4 Å². The molecule has 7 nitrogen and oxygen atoms in total. The quantitative estimate of drug-likeness (QED) is 0.555. The van der Waals surface area contributed by atoms with Crippen LogP contribution in [0.3, 0.4) is 0 Å². The van der Waals surface area contributed by atoms with E-state index in [0.717, 1.165) is 0 Å². The fourth-order valence-corrected chi connectivity index (χ4v) is 2.95. The number of carbonyl (C=O) groups excluding carboxylic acids is 1. The lowest BCUT2D eigenvalue weighted by Crippen LogP contribution is -2.17. The van der Waals surface area contributed by atoms with E-state index >= 15 is 0 Å². The molecule has 0 aliphatic rings. The average Bonchev–Trinajstić information content (AvgIpc) is 2.60. The number of fused-ring (bicyclic) bond motifs is 1. The molecular formula is C19H15NO6. The number of para-hydroxylation sites is 1. The maximum atomic E-state index is 12.9. The zero-order valence-corrected chi connectivity index (χ0v) is 13.8. The maximum absolute atomic E-state index is 12.9. The fraction of sp³-hybridized carbons (Fsp3) is 0.158. The number of nitro groups is 1. The van der Waals surface area contributed by atoms with Crippen LogP contribution in [-0.2, 0) is 4.79 Å². The minimum atomic E-state index is -0.769. The summed E-state index contributed by atoms with van der Waals surface area (Å²) in [6.07, 6.45) is -0.0472. The summed E-state index contributed by atoms with van der Waals surface area (Å²) in [6.45, 7) is 1.37. The third-order valence-electron chi connectivity index (χ3n) is 4.16. The molecule has 2 aromatic carbocycles. The number of rotatable bonds is 5. The summed E-state index contributed by atoms with van der Waals surface area (Å²) in [5.41, 5.74) is 0.166. The molecule has 0 radical (unpaired) electrons. The molecule has 132 valence electrons. The Kier molecular flexibility index (Phi) is 4.53. The second-order valence-corrected chi connectivity index (χ2v) is 5.95. The Morgan fingerprint density at radius 1 is 1.19 bits per heavy atom. The van der Waals surface area contributed by atoms with Crippen LogP contribution in [0.4, 0.5) is 5.69 Å². The lowest BCUT2D eigenvalue weighted by molar-refractivity contribution is -0.384. The van der Waals surface area contributed by atoms with Crippen LogP contribution in [0.5, 0.6) is 5.95 Å². The van der Waals surface area contributed by atoms with Crippen molar-refractivity contribution in [3.05, 3.63) is 80.0 Å². The van der Waals surface area contributed by atoms with E-state index in [4.69, 9.17) is 4.42 Å². The van der Waals surface area contributed by atoms with Gasteiger partial charge in [-0.05, 0) is 24.6 Å². The molecule has 0 fully saturated rings. The molecule has 1 unspecified atom stereocenters. The molecule has 3 aromatic rings. The third kappa shape index (κ3) is 3.19. The summed E-state index contributed by atoms with van der Waals surface area (Å²) >= 11 is 0. The van der Waals surface area contributed by atoms with Crippen molar-refractivity contribution in [1.29, 1.82) is 0 Å². The number of nitro benzene ring substituents is 1. The predicted octanol–water partition coefficient (Wildman–Crippen LogP) is 3.52. The normalized spacial score (nSPS) is 12.0. The van der Waals surface area contributed by atoms with Crippen molar-refractivity contribution < 1.29 is 19.2 Å². The Morgan fingerprint density at radius 2 is 1.85 bits per heavy atom. The SMILES string of the molecule is CC(=O)CC(c1ccc([N+](=O)[O-])cc1)c1c(O)oc2ccccc2c1=O. The van der Waals surface area contributed by atoms with Crippen molar-refractivity contribution in [2.24, 2.45) is 0 Å². The van der Waals surface area contributed by atoms with Gasteiger partial charge >= 0.3 is 0 Å². The van der Waals surface area contributed by atoms with Gasteiger partial charge in [-0.25, -0.2) is 0 Å². The van der Waals surface area contributed by atoms with Gasteiger partial charge in [0.15, 0.2) is 0 Å². The Morgan fingerprint density at radius 3 is 2.46 bits per heavy atom. The number of hydrogen-bond donors (Lipinski definition) is 1. The van der Waals surface area contributed by atoms with E-state index in [1.165, 1.54) is 31.2 Å². The lowest BCUT2D eigenvalue weighted by Gasteiger charge is -2.17. The number of non-ortho nitro benzene ring substituents is 1. The first-order valence-corrected chi connectivity index (χ1v) is 7.87. The van der Waals surface area contributed by atoms with Gasteiger partial charge in [-0.1, -0.05) is 24.3 Å². The molecule has 0 saturated heterocycles. The van der Waals surface area contributed by atoms with E-state index in [2.05, 4.69) is 0 Å². The predicted molar refractivity (Wildman–Crippen MR) is 94.4 cm³/mol. The Hall–Kier alpha value is -3.48. The van der Waals surface area contributed by atoms with Crippen LogP contribution < -0.4 is 5.43 Å². The highest BCUT2D eigenvalue weighted by Gasteiger charge is 2.26. The van der Waals surface area contributed by atoms with E-state index < -0.39 is 22.2 Å². The molecule has 3 rings (SSSR count). The van der Waals surface area contributed by atoms with Crippen LogP contribution in [0.2, 0.25) is 0 Å². The monoisotopic (exact) mass is 353 g/mol. The van der Waals surface area contributed by atoms with E-state index in [1.807, 2.05) is 0 Å². The highest BCUT2D eigenvalue weighted by molar-refractivity contribution is 5.80. The Balaban J connectivity index is 2.20. The van der Waals surface area contributed by atoms with Gasteiger partial charge in [0, 0.05) is 24.5 Å². The van der Waals surface area contributed by atoms with Gasteiger partial charge in [0.05, 0.1) is 15.9 Å². The summed E-state index contributed by atoms with van der Waals surface area (Å²) in [7, 11) is 0. The zero-order chi connectivity index (χ0) is 18.8. The first kappa shape index (κ1) is 17.3. The summed E-state index contributed by atoms with van der Waals surface area (Å²) in [6, 6.07) is 12.0. The molecule has 0 bridgehead atoms. The zero-order valence-electron chi connectivity index (χ0n) is 13.8. The molecule has 1 aromatic heterocycles. The highest BCUT2D eigenvalue weighted by atomic mass is 16.6. The number of hydrogen-bond acceptors (Lipinski definition) is 6. The van der Waals surface area contributed by atoms with Gasteiger partial charge in [-0.3, -0.25) is 19.7 Å². The standard InChI is InChI=1S/C19H15NO6/c1-11(21)10-15(12-6-8-13(9-7-12)20(24)25)17-18(22)14-4-2-3-5-16(14)26-19(17)23/h2-9,15,23H,10H2,1H3. The van der Waals surface area contributed by atoms with Gasteiger partial charge in [0.1, 0.15) is 11.4 Å². The van der Waals surface area contributed by atoms with Crippen molar-refractivity contribution in [1.82, 2.24) is 0 Å². The summed E-state index contributed by atoms with van der Waals surface area (Å²) in [5.74, 6) is -1.52. The molecule has 0 spiro atoms. The summed E-state index contributed by atoms with van der Waals surface area (Å²) in [4.78, 5) is 34.9. The van der Waals surface area contributed by atoms with Crippen molar-refractivity contribution in [3.8, 4) is 5.95 Å². The molecule has 0 amide bonds. The van der Waals surface area contributed by atoms with Gasteiger partial charge in [0.2, 0.25) is 5.43 Å². The molecule has 1 heterocycles. The number of ketones is 1. The first-order valence-electron chi connectivity index (χ1n) is 7.87. The smallest absolute Gasteiger partial charge is 0.290 e. The highest BCUT2D eigenvalue weighted by Crippen LogP contribution is 2.34. The number of carbonyl (C=O) groups is 1. The fourth-order valence-electron chi connectivity index (χ4n) is 2.95. The molecule has 0 aliphatic carbocycles. The summed E-state index contributed by atoms with van der Waals surface area (Å²) in [5, 5.41) is 21.4. The third-order valence-corrected chi connectivity index (χ3v) is 4.16. The topological polar surface area (TPSA) is 111 Å². The van der Waals surface area contributed by atoms with Crippen LogP contribution in [0.15, 0.2) is 57.7 Å². The Bertz CT molecular complexity index is 1050. The van der Waals surface area contributed by atoms with Crippen molar-refractivity contribution in [3.63, 3.8) is 0 Å². The number of Topliss-reactive ketones (excluding diaryl/α,β-unsaturated/α-hetero) is 1.